The largest absolute Gasteiger partial charge is 0.0991 e. The van der Waals surface area contributed by atoms with Crippen molar-refractivity contribution in [1.29, 1.82) is 0 Å². The molecule has 3 rings (SSSR count). The Morgan fingerprint density at radius 1 is 0.633 bits per heavy atom. The Balaban J connectivity index is 2.29. The number of hydrogen-bond acceptors (Lipinski definition) is 0. The maximum absolute atomic E-state index is 4.38. The molecule has 0 radical (unpaired) electrons. The highest BCUT2D eigenvalue weighted by molar-refractivity contribution is 6.08. The molecule has 0 spiro atoms. The molecule has 0 saturated carbocycles. The van der Waals surface area contributed by atoms with Crippen molar-refractivity contribution in [1.82, 2.24) is 0 Å². The van der Waals surface area contributed by atoms with E-state index in [1.807, 2.05) is 54.6 Å². The molecular formula is C30H26. The minimum absolute atomic E-state index is 0.904. The molecule has 0 aliphatic carbocycles. The van der Waals surface area contributed by atoms with Crippen LogP contribution in [0.3, 0.4) is 0 Å². The van der Waals surface area contributed by atoms with Crippen LogP contribution in [-0.2, 0) is 0 Å². The second-order valence-corrected chi connectivity index (χ2v) is 6.92. The van der Waals surface area contributed by atoms with Gasteiger partial charge in [0, 0.05) is 0 Å². The van der Waals surface area contributed by atoms with Crippen LogP contribution in [0.5, 0.6) is 0 Å². The first-order valence-electron chi connectivity index (χ1n) is 9.86. The highest BCUT2D eigenvalue weighted by Crippen LogP contribution is 2.39. The third-order valence-electron chi connectivity index (χ3n) is 5.06. The van der Waals surface area contributed by atoms with Crippen LogP contribution in [-0.4, -0.2) is 0 Å². The summed E-state index contributed by atoms with van der Waals surface area (Å²) >= 11 is 0. The molecule has 3 aromatic carbocycles. The molecule has 3 aromatic rings. The van der Waals surface area contributed by atoms with E-state index in [0.29, 0.717) is 0 Å². The van der Waals surface area contributed by atoms with Gasteiger partial charge in [0.05, 0.1) is 0 Å². The summed E-state index contributed by atoms with van der Waals surface area (Å²) in [5.41, 5.74) is 7.09. The SMILES string of the molecule is C=C/C=C\C(=C)c1c(C=C)c(C=C)c(C(=C)/C=C\c2ccccc2)c2ccccc12. The molecule has 0 heteroatoms. The lowest BCUT2D eigenvalue weighted by molar-refractivity contribution is 1.56. The van der Waals surface area contributed by atoms with Gasteiger partial charge in [0.2, 0.25) is 0 Å². The van der Waals surface area contributed by atoms with Gasteiger partial charge in [-0.15, -0.1) is 0 Å². The van der Waals surface area contributed by atoms with Gasteiger partial charge in [-0.2, -0.15) is 0 Å². The number of allylic oxidation sites excluding steroid dienone is 6. The standard InChI is InChI=1S/C30H26/c1-6-9-15-22(4)29-25(7-2)26(8-3)30(28-19-14-13-18-27(28)29)23(5)20-21-24-16-11-10-12-17-24/h6-21H,1-5H2/b15-9-,21-20-. The quantitative estimate of drug-likeness (QED) is 0.340. The van der Waals surface area contributed by atoms with E-state index in [-0.39, 0.29) is 0 Å². The van der Waals surface area contributed by atoms with Crippen molar-refractivity contribution in [3.63, 3.8) is 0 Å². The zero-order valence-corrected chi connectivity index (χ0v) is 17.3. The molecule has 0 aliphatic heterocycles. The Kier molecular flexibility index (Phi) is 6.62. The predicted molar refractivity (Wildman–Crippen MR) is 137 cm³/mol. The van der Waals surface area contributed by atoms with Gasteiger partial charge in [0.25, 0.3) is 0 Å². The van der Waals surface area contributed by atoms with Gasteiger partial charge in [0.1, 0.15) is 0 Å². The topological polar surface area (TPSA) is 0 Å². The van der Waals surface area contributed by atoms with E-state index in [0.717, 1.165) is 49.7 Å². The monoisotopic (exact) mass is 386 g/mol. The first kappa shape index (κ1) is 20.8. The molecular weight excluding hydrogens is 360 g/mol. The van der Waals surface area contributed by atoms with Crippen molar-refractivity contribution in [2.45, 2.75) is 0 Å². The minimum Gasteiger partial charge on any atom is -0.0991 e. The number of benzene rings is 3. The molecule has 30 heavy (non-hydrogen) atoms. The van der Waals surface area contributed by atoms with Gasteiger partial charge < -0.3 is 0 Å². The van der Waals surface area contributed by atoms with Crippen molar-refractivity contribution in [3.05, 3.63) is 140 Å². The fourth-order valence-corrected chi connectivity index (χ4v) is 3.71. The van der Waals surface area contributed by atoms with E-state index in [9.17, 15) is 0 Å². The zero-order chi connectivity index (χ0) is 21.5. The first-order chi connectivity index (χ1) is 14.6. The summed E-state index contributed by atoms with van der Waals surface area (Å²) in [7, 11) is 0. The molecule has 0 aliphatic rings. The van der Waals surface area contributed by atoms with E-state index in [1.54, 1.807) is 6.08 Å². The van der Waals surface area contributed by atoms with Crippen LogP contribution < -0.4 is 0 Å². The average Bonchev–Trinajstić information content (AvgIpc) is 2.79. The zero-order valence-electron chi connectivity index (χ0n) is 17.3. The van der Waals surface area contributed by atoms with Crippen LogP contribution in [0.1, 0.15) is 27.8 Å². The molecule has 0 aromatic heterocycles. The number of fused-ring (bicyclic) bond motifs is 1. The molecule has 0 saturated heterocycles. The van der Waals surface area contributed by atoms with E-state index < -0.39 is 0 Å². The lowest BCUT2D eigenvalue weighted by Crippen LogP contribution is -1.99. The van der Waals surface area contributed by atoms with E-state index in [4.69, 9.17) is 0 Å². The fraction of sp³-hybridized carbons (Fsp3) is 0. The molecule has 0 unspecified atom stereocenters. The van der Waals surface area contributed by atoms with Gasteiger partial charge in [-0.05, 0) is 49.7 Å². The predicted octanol–water partition coefficient (Wildman–Crippen LogP) is 8.61. The summed E-state index contributed by atoms with van der Waals surface area (Å²) in [6.45, 7) is 20.6. The third-order valence-corrected chi connectivity index (χ3v) is 5.06. The maximum atomic E-state index is 4.38. The second kappa shape index (κ2) is 9.54. The van der Waals surface area contributed by atoms with Gasteiger partial charge >= 0.3 is 0 Å². The van der Waals surface area contributed by atoms with E-state index in [1.165, 1.54) is 0 Å². The average molecular weight is 387 g/mol. The first-order valence-corrected chi connectivity index (χ1v) is 9.86. The Labute approximate surface area is 179 Å². The van der Waals surface area contributed by atoms with Gasteiger partial charge in [-0.1, -0.05) is 130 Å². The third kappa shape index (κ3) is 4.09. The van der Waals surface area contributed by atoms with Crippen LogP contribution in [0.25, 0.3) is 40.1 Å². The van der Waals surface area contributed by atoms with Crippen molar-refractivity contribution < 1.29 is 0 Å². The van der Waals surface area contributed by atoms with Crippen LogP contribution in [0, 0.1) is 0 Å². The van der Waals surface area contributed by atoms with Crippen molar-refractivity contribution in [2.24, 2.45) is 0 Å². The van der Waals surface area contributed by atoms with E-state index in [2.05, 4.69) is 69.3 Å². The van der Waals surface area contributed by atoms with Crippen LogP contribution >= 0.6 is 0 Å². The van der Waals surface area contributed by atoms with Gasteiger partial charge in [-0.25, -0.2) is 0 Å². The molecule has 0 bridgehead atoms. The Morgan fingerprint density at radius 3 is 1.63 bits per heavy atom. The lowest BCUT2D eigenvalue weighted by atomic mass is 9.83. The molecule has 0 heterocycles. The van der Waals surface area contributed by atoms with Gasteiger partial charge in [-0.3, -0.25) is 0 Å². The normalized spacial score (nSPS) is 11.1. The molecule has 0 amide bonds. The van der Waals surface area contributed by atoms with Crippen LogP contribution in [0.4, 0.5) is 0 Å². The smallest absolute Gasteiger partial charge is 0.00325 e. The summed E-state index contributed by atoms with van der Waals surface area (Å²) in [6.07, 6.45) is 13.5. The Hall–Kier alpha value is -3.90. The Bertz CT molecular complexity index is 1200. The molecule has 0 N–H and O–H groups in total. The summed E-state index contributed by atoms with van der Waals surface area (Å²) in [6, 6.07) is 18.6. The summed E-state index contributed by atoms with van der Waals surface area (Å²) in [5.74, 6) is 0. The lowest BCUT2D eigenvalue weighted by Gasteiger charge is -2.20. The van der Waals surface area contributed by atoms with Crippen molar-refractivity contribution >= 4 is 40.1 Å². The van der Waals surface area contributed by atoms with Crippen LogP contribution in [0.2, 0.25) is 0 Å². The number of hydrogen-bond donors (Lipinski definition) is 0. The molecule has 0 fully saturated rings. The maximum Gasteiger partial charge on any atom is -0.00325 e. The Morgan fingerprint density at radius 2 is 1.13 bits per heavy atom. The summed E-state index contributed by atoms with van der Waals surface area (Å²) < 4.78 is 0. The fourth-order valence-electron chi connectivity index (χ4n) is 3.71. The molecule has 0 atom stereocenters. The van der Waals surface area contributed by atoms with Crippen LogP contribution in [0.15, 0.2) is 112 Å². The highest BCUT2D eigenvalue weighted by atomic mass is 14.2. The second-order valence-electron chi connectivity index (χ2n) is 6.92. The molecule has 0 nitrogen and oxygen atoms in total. The van der Waals surface area contributed by atoms with Crippen molar-refractivity contribution in [2.75, 3.05) is 0 Å². The molecule has 146 valence electrons. The minimum atomic E-state index is 0.904. The highest BCUT2D eigenvalue weighted by Gasteiger charge is 2.17. The summed E-state index contributed by atoms with van der Waals surface area (Å²) in [4.78, 5) is 0. The number of rotatable bonds is 8. The van der Waals surface area contributed by atoms with Crippen molar-refractivity contribution in [3.8, 4) is 0 Å². The van der Waals surface area contributed by atoms with Gasteiger partial charge in [0.15, 0.2) is 0 Å². The van der Waals surface area contributed by atoms with E-state index >= 15 is 0 Å². The summed E-state index contributed by atoms with van der Waals surface area (Å²) in [5, 5.41) is 2.23.